The van der Waals surface area contributed by atoms with Crippen LogP contribution in [0.2, 0.25) is 0 Å². The lowest BCUT2D eigenvalue weighted by molar-refractivity contribution is 0.0750. The Balaban J connectivity index is 2.20. The Morgan fingerprint density at radius 3 is 1.17 bits per heavy atom. The highest BCUT2D eigenvalue weighted by Crippen LogP contribution is 2.26. The number of aliphatic hydroxyl groups is 1. The standard InChI is InChI=1S/C25H34N2O3/c1-24(2,26(5)6)22(29)19-13-9-17(10-14-19)21(28)18-11-15-20(16-12-18)23(30)25(3,4)27(7)8/h9-16,21,28H,1-8H3. The first-order valence-electron chi connectivity index (χ1n) is 10.1. The molecular formula is C25H34N2O3. The topological polar surface area (TPSA) is 60.9 Å². The number of benzene rings is 2. The summed E-state index contributed by atoms with van der Waals surface area (Å²) in [5.74, 6) is 0.0554. The van der Waals surface area contributed by atoms with Gasteiger partial charge in [-0.3, -0.25) is 19.4 Å². The number of rotatable bonds is 8. The average Bonchev–Trinajstić information content (AvgIpc) is 2.72. The second-order valence-electron chi connectivity index (χ2n) is 9.21. The quantitative estimate of drug-likeness (QED) is 0.671. The van der Waals surface area contributed by atoms with Gasteiger partial charge in [0, 0.05) is 11.1 Å². The Morgan fingerprint density at radius 2 is 0.933 bits per heavy atom. The van der Waals surface area contributed by atoms with E-state index in [-0.39, 0.29) is 11.6 Å². The number of carbonyl (C=O) groups is 2. The van der Waals surface area contributed by atoms with Gasteiger partial charge in [0.2, 0.25) is 0 Å². The molecule has 5 nitrogen and oxygen atoms in total. The largest absolute Gasteiger partial charge is 0.384 e. The van der Waals surface area contributed by atoms with E-state index in [0.717, 1.165) is 0 Å². The van der Waals surface area contributed by atoms with Gasteiger partial charge in [0.1, 0.15) is 6.10 Å². The molecule has 0 aliphatic heterocycles. The molecule has 162 valence electrons. The predicted molar refractivity (Wildman–Crippen MR) is 121 cm³/mol. The van der Waals surface area contributed by atoms with Gasteiger partial charge in [-0.1, -0.05) is 48.5 Å². The molecule has 1 N–H and O–H groups in total. The van der Waals surface area contributed by atoms with Crippen molar-refractivity contribution < 1.29 is 14.7 Å². The van der Waals surface area contributed by atoms with Gasteiger partial charge >= 0.3 is 0 Å². The van der Waals surface area contributed by atoms with Gasteiger partial charge in [-0.2, -0.15) is 0 Å². The van der Waals surface area contributed by atoms with Crippen molar-refractivity contribution in [1.82, 2.24) is 9.80 Å². The first-order chi connectivity index (χ1) is 13.8. The zero-order valence-electron chi connectivity index (χ0n) is 19.4. The fourth-order valence-electron chi connectivity index (χ4n) is 2.94. The number of nitrogens with zero attached hydrogens (tertiary/aromatic N) is 2. The molecule has 0 aliphatic carbocycles. The number of ketones is 2. The Bertz CT molecular complexity index is 819. The first kappa shape index (κ1) is 23.9. The van der Waals surface area contributed by atoms with Crippen LogP contribution in [0, 0.1) is 0 Å². The maximum absolute atomic E-state index is 12.7. The molecule has 30 heavy (non-hydrogen) atoms. The molecule has 5 heteroatoms. The van der Waals surface area contributed by atoms with Crippen molar-refractivity contribution in [2.45, 2.75) is 44.9 Å². The van der Waals surface area contributed by atoms with E-state index in [1.165, 1.54) is 0 Å². The highest BCUT2D eigenvalue weighted by molar-refractivity contribution is 6.03. The van der Waals surface area contributed by atoms with Gasteiger partial charge in [-0.15, -0.1) is 0 Å². The molecule has 2 rings (SSSR count). The second kappa shape index (κ2) is 8.80. The minimum absolute atomic E-state index is 0.0277. The molecule has 0 spiro atoms. The minimum Gasteiger partial charge on any atom is -0.384 e. The monoisotopic (exact) mass is 410 g/mol. The summed E-state index contributed by atoms with van der Waals surface area (Å²) in [6.45, 7) is 7.55. The lowest BCUT2D eigenvalue weighted by Gasteiger charge is -2.31. The molecule has 0 bridgehead atoms. The lowest BCUT2D eigenvalue weighted by atomic mass is 9.89. The van der Waals surface area contributed by atoms with Crippen LogP contribution < -0.4 is 0 Å². The summed E-state index contributed by atoms with van der Waals surface area (Å²) in [6, 6.07) is 14.1. The molecular weight excluding hydrogens is 376 g/mol. The van der Waals surface area contributed by atoms with Crippen molar-refractivity contribution in [3.8, 4) is 0 Å². The van der Waals surface area contributed by atoms with E-state index >= 15 is 0 Å². The van der Waals surface area contributed by atoms with E-state index in [1.807, 2.05) is 65.7 Å². The molecule has 0 atom stereocenters. The molecule has 0 saturated heterocycles. The van der Waals surface area contributed by atoms with Crippen LogP contribution >= 0.6 is 0 Å². The molecule has 0 fully saturated rings. The SMILES string of the molecule is CN(C)C(C)(C)C(=O)c1ccc(C(O)c2ccc(C(=O)C(C)(C)N(C)C)cc2)cc1. The summed E-state index contributed by atoms with van der Waals surface area (Å²) >= 11 is 0. The van der Waals surface area contributed by atoms with Crippen molar-refractivity contribution in [2.75, 3.05) is 28.2 Å². The predicted octanol–water partition coefficient (Wildman–Crippen LogP) is 3.81. The molecule has 2 aromatic rings. The summed E-state index contributed by atoms with van der Waals surface area (Å²) in [4.78, 5) is 29.3. The zero-order chi connectivity index (χ0) is 22.9. The van der Waals surface area contributed by atoms with E-state index in [2.05, 4.69) is 0 Å². The Hall–Kier alpha value is -2.34. The molecule has 0 saturated carbocycles. The molecule has 0 radical (unpaired) electrons. The second-order valence-corrected chi connectivity index (χ2v) is 9.21. The van der Waals surface area contributed by atoms with E-state index in [9.17, 15) is 14.7 Å². The van der Waals surface area contributed by atoms with Crippen LogP contribution in [0.25, 0.3) is 0 Å². The Kier molecular flexibility index (Phi) is 7.02. The summed E-state index contributed by atoms with van der Waals surface area (Å²) in [7, 11) is 7.52. The first-order valence-corrected chi connectivity index (χ1v) is 10.1. The zero-order valence-corrected chi connectivity index (χ0v) is 19.4. The van der Waals surface area contributed by atoms with Crippen molar-refractivity contribution in [3.63, 3.8) is 0 Å². The fourth-order valence-corrected chi connectivity index (χ4v) is 2.94. The van der Waals surface area contributed by atoms with Crippen molar-refractivity contribution in [2.24, 2.45) is 0 Å². The molecule has 0 aromatic heterocycles. The van der Waals surface area contributed by atoms with Gasteiger partial charge in [-0.25, -0.2) is 0 Å². The normalized spacial score (nSPS) is 12.7. The molecule has 2 aromatic carbocycles. The van der Waals surface area contributed by atoms with Crippen LogP contribution in [0.3, 0.4) is 0 Å². The number of likely N-dealkylation sites (N-methyl/N-ethyl adjacent to an activating group) is 2. The van der Waals surface area contributed by atoms with E-state index in [0.29, 0.717) is 22.3 Å². The van der Waals surface area contributed by atoms with Crippen molar-refractivity contribution in [1.29, 1.82) is 0 Å². The van der Waals surface area contributed by atoms with Crippen LogP contribution in [0.5, 0.6) is 0 Å². The van der Waals surface area contributed by atoms with Crippen LogP contribution in [0.15, 0.2) is 48.5 Å². The van der Waals surface area contributed by atoms with Gasteiger partial charge in [0.25, 0.3) is 0 Å². The van der Waals surface area contributed by atoms with Gasteiger partial charge in [0.15, 0.2) is 11.6 Å². The third-order valence-electron chi connectivity index (χ3n) is 6.32. The van der Waals surface area contributed by atoms with Crippen molar-refractivity contribution >= 4 is 11.6 Å². The Labute approximate surface area is 180 Å². The summed E-state index contributed by atoms with van der Waals surface area (Å²) in [6.07, 6.45) is -0.831. The molecule has 0 unspecified atom stereocenters. The molecule has 0 aliphatic rings. The fraction of sp³-hybridized carbons (Fsp3) is 0.440. The molecule has 0 amide bonds. The van der Waals surface area contributed by atoms with Crippen LogP contribution in [-0.4, -0.2) is 65.7 Å². The summed E-state index contributed by atoms with van der Waals surface area (Å²) in [5, 5.41) is 10.8. The molecule has 0 heterocycles. The van der Waals surface area contributed by atoms with E-state index in [1.54, 1.807) is 48.5 Å². The van der Waals surface area contributed by atoms with E-state index < -0.39 is 17.2 Å². The maximum Gasteiger partial charge on any atom is 0.182 e. The lowest BCUT2D eigenvalue weighted by Crippen LogP contribution is -2.45. The van der Waals surface area contributed by atoms with E-state index in [4.69, 9.17) is 0 Å². The highest BCUT2D eigenvalue weighted by Gasteiger charge is 2.32. The van der Waals surface area contributed by atoms with Gasteiger partial charge < -0.3 is 5.11 Å². The van der Waals surface area contributed by atoms with Crippen LogP contribution in [-0.2, 0) is 0 Å². The summed E-state index contributed by atoms with van der Waals surface area (Å²) in [5.41, 5.74) is 1.39. The van der Waals surface area contributed by atoms with Crippen LogP contribution in [0.4, 0.5) is 0 Å². The smallest absolute Gasteiger partial charge is 0.182 e. The minimum atomic E-state index is -0.831. The third-order valence-corrected chi connectivity index (χ3v) is 6.32. The van der Waals surface area contributed by atoms with Crippen LogP contribution in [0.1, 0.15) is 65.6 Å². The number of hydrogen-bond acceptors (Lipinski definition) is 5. The third kappa shape index (κ3) is 4.69. The Morgan fingerprint density at radius 1 is 0.667 bits per heavy atom. The number of hydrogen-bond donors (Lipinski definition) is 1. The summed E-state index contributed by atoms with van der Waals surface area (Å²) < 4.78 is 0. The maximum atomic E-state index is 12.7. The number of carbonyl (C=O) groups excluding carboxylic acids is 2. The highest BCUT2D eigenvalue weighted by atomic mass is 16.3. The van der Waals surface area contributed by atoms with Gasteiger partial charge in [0.05, 0.1) is 11.1 Å². The number of aliphatic hydroxyl groups excluding tert-OH is 1. The van der Waals surface area contributed by atoms with Crippen molar-refractivity contribution in [3.05, 3.63) is 70.8 Å². The average molecular weight is 411 g/mol. The number of Topliss-reactive ketones (excluding diaryl/α,β-unsaturated/α-hetero) is 2. The van der Waals surface area contributed by atoms with Gasteiger partial charge in [-0.05, 0) is 67.0 Å².